The molecule has 1 heterocycles. The summed E-state index contributed by atoms with van der Waals surface area (Å²) in [6.07, 6.45) is 3.66. The van der Waals surface area contributed by atoms with Gasteiger partial charge in [0.15, 0.2) is 0 Å². The topological polar surface area (TPSA) is 29.1 Å². The molecule has 0 aliphatic carbocycles. The molecule has 106 valence electrons. The Kier molecular flexibility index (Phi) is 4.13. The molecule has 0 atom stereocenters. The number of carbonyl (C=O) groups excluding carboxylic acids is 1. The van der Waals surface area contributed by atoms with E-state index in [-0.39, 0.29) is 5.91 Å². The van der Waals surface area contributed by atoms with Crippen molar-refractivity contribution in [1.82, 2.24) is 0 Å². The predicted molar refractivity (Wildman–Crippen MR) is 90.5 cm³/mol. The van der Waals surface area contributed by atoms with E-state index in [0.717, 1.165) is 39.2 Å². The fourth-order valence-electron chi connectivity index (χ4n) is 2.45. The van der Waals surface area contributed by atoms with E-state index in [1.807, 2.05) is 48.5 Å². The van der Waals surface area contributed by atoms with Gasteiger partial charge in [0.1, 0.15) is 0 Å². The predicted octanol–water partition coefficient (Wildman–Crippen LogP) is 5.07. The molecule has 2 aromatic rings. The van der Waals surface area contributed by atoms with Gasteiger partial charge in [0.05, 0.1) is 5.69 Å². The standard InChI is InChI=1S/C17H13BrClNO/c18-12-7-8-14-15(17(21)20-16(14)10-12)6-2-4-11-3-1-5-13(19)9-11/h1,3,5-10H,2,4H2,(H,20,21)/b15-6+. The first kappa shape index (κ1) is 14.4. The summed E-state index contributed by atoms with van der Waals surface area (Å²) in [7, 11) is 0. The van der Waals surface area contributed by atoms with Crippen molar-refractivity contribution in [3.8, 4) is 0 Å². The van der Waals surface area contributed by atoms with Gasteiger partial charge < -0.3 is 5.32 Å². The van der Waals surface area contributed by atoms with Gasteiger partial charge in [-0.3, -0.25) is 4.79 Å². The number of carbonyl (C=O) groups is 1. The van der Waals surface area contributed by atoms with E-state index >= 15 is 0 Å². The van der Waals surface area contributed by atoms with Gasteiger partial charge in [-0.1, -0.05) is 51.8 Å². The number of fused-ring (bicyclic) bond motifs is 1. The molecular weight excluding hydrogens is 350 g/mol. The number of benzene rings is 2. The van der Waals surface area contributed by atoms with Gasteiger partial charge in [-0.15, -0.1) is 0 Å². The fraction of sp³-hybridized carbons (Fsp3) is 0.118. The van der Waals surface area contributed by atoms with Crippen molar-refractivity contribution >= 4 is 44.7 Å². The molecule has 2 aromatic carbocycles. The SMILES string of the molecule is O=C1Nc2cc(Br)ccc2/C1=C\CCc1cccc(Cl)c1. The molecule has 1 N–H and O–H groups in total. The largest absolute Gasteiger partial charge is 0.321 e. The van der Waals surface area contributed by atoms with Crippen LogP contribution in [0.5, 0.6) is 0 Å². The highest BCUT2D eigenvalue weighted by Crippen LogP contribution is 2.34. The third kappa shape index (κ3) is 3.20. The van der Waals surface area contributed by atoms with Crippen LogP contribution < -0.4 is 5.32 Å². The Balaban J connectivity index is 1.77. The first-order valence-electron chi connectivity index (χ1n) is 6.69. The number of allylic oxidation sites excluding steroid dienone is 1. The summed E-state index contributed by atoms with van der Waals surface area (Å²) >= 11 is 9.38. The number of amides is 1. The van der Waals surface area contributed by atoms with Crippen LogP contribution in [0.25, 0.3) is 5.57 Å². The summed E-state index contributed by atoms with van der Waals surface area (Å²) < 4.78 is 0.960. The maximum atomic E-state index is 12.0. The minimum Gasteiger partial charge on any atom is -0.321 e. The Labute approximate surface area is 136 Å². The quantitative estimate of drug-likeness (QED) is 0.759. The number of aryl methyl sites for hydroxylation is 1. The van der Waals surface area contributed by atoms with Crippen LogP contribution in [0, 0.1) is 0 Å². The molecule has 4 heteroatoms. The van der Waals surface area contributed by atoms with Crippen LogP contribution >= 0.6 is 27.5 Å². The lowest BCUT2D eigenvalue weighted by Crippen LogP contribution is -2.03. The minimum absolute atomic E-state index is 0.0332. The van der Waals surface area contributed by atoms with Gasteiger partial charge in [-0.25, -0.2) is 0 Å². The highest BCUT2D eigenvalue weighted by atomic mass is 79.9. The van der Waals surface area contributed by atoms with E-state index in [1.54, 1.807) is 0 Å². The van der Waals surface area contributed by atoms with E-state index in [0.29, 0.717) is 0 Å². The summed E-state index contributed by atoms with van der Waals surface area (Å²) in [5.41, 5.74) is 3.76. The van der Waals surface area contributed by atoms with E-state index < -0.39 is 0 Å². The van der Waals surface area contributed by atoms with Gasteiger partial charge in [-0.05, 0) is 42.7 Å². The first-order valence-corrected chi connectivity index (χ1v) is 7.86. The zero-order valence-electron chi connectivity index (χ0n) is 11.2. The van der Waals surface area contributed by atoms with Gasteiger partial charge in [0, 0.05) is 20.6 Å². The highest BCUT2D eigenvalue weighted by molar-refractivity contribution is 9.10. The summed E-state index contributed by atoms with van der Waals surface area (Å²) in [5, 5.41) is 3.63. The number of rotatable bonds is 3. The van der Waals surface area contributed by atoms with Crippen LogP contribution in [0.2, 0.25) is 5.02 Å². The Morgan fingerprint density at radius 1 is 1.19 bits per heavy atom. The Morgan fingerprint density at radius 3 is 2.86 bits per heavy atom. The molecule has 0 saturated carbocycles. The molecule has 1 amide bonds. The molecule has 0 aromatic heterocycles. The van der Waals surface area contributed by atoms with Crippen molar-refractivity contribution in [3.05, 3.63) is 69.2 Å². The second-order valence-corrected chi connectivity index (χ2v) is 6.28. The van der Waals surface area contributed by atoms with Crippen molar-refractivity contribution < 1.29 is 4.79 Å². The summed E-state index contributed by atoms with van der Waals surface area (Å²) in [4.78, 5) is 12.0. The van der Waals surface area contributed by atoms with Crippen molar-refractivity contribution in [1.29, 1.82) is 0 Å². The Morgan fingerprint density at radius 2 is 2.05 bits per heavy atom. The smallest absolute Gasteiger partial charge is 0.256 e. The Bertz CT molecular complexity index is 739. The zero-order chi connectivity index (χ0) is 14.8. The molecule has 1 aliphatic heterocycles. The van der Waals surface area contributed by atoms with Crippen LogP contribution in [0.1, 0.15) is 17.5 Å². The van der Waals surface area contributed by atoms with E-state index in [2.05, 4.69) is 21.2 Å². The zero-order valence-corrected chi connectivity index (χ0v) is 13.5. The maximum Gasteiger partial charge on any atom is 0.256 e. The van der Waals surface area contributed by atoms with Crippen molar-refractivity contribution in [2.45, 2.75) is 12.8 Å². The molecule has 0 fully saturated rings. The first-order chi connectivity index (χ1) is 10.1. The molecule has 0 radical (unpaired) electrons. The third-order valence-electron chi connectivity index (χ3n) is 3.44. The van der Waals surface area contributed by atoms with Crippen molar-refractivity contribution in [2.24, 2.45) is 0 Å². The summed E-state index contributed by atoms with van der Waals surface area (Å²) in [6.45, 7) is 0. The molecule has 3 rings (SSSR count). The van der Waals surface area contributed by atoms with Gasteiger partial charge in [0.25, 0.3) is 5.91 Å². The second-order valence-electron chi connectivity index (χ2n) is 4.93. The van der Waals surface area contributed by atoms with Crippen LogP contribution in [0.15, 0.2) is 53.0 Å². The van der Waals surface area contributed by atoms with Crippen LogP contribution in [-0.4, -0.2) is 5.91 Å². The highest BCUT2D eigenvalue weighted by Gasteiger charge is 2.23. The second kappa shape index (κ2) is 6.04. The van der Waals surface area contributed by atoms with Crippen LogP contribution in [0.3, 0.4) is 0 Å². The monoisotopic (exact) mass is 361 g/mol. The lowest BCUT2D eigenvalue weighted by molar-refractivity contribution is -0.110. The molecule has 0 bridgehead atoms. The number of hydrogen-bond acceptors (Lipinski definition) is 1. The van der Waals surface area contributed by atoms with Crippen molar-refractivity contribution in [2.75, 3.05) is 5.32 Å². The molecule has 0 unspecified atom stereocenters. The molecule has 21 heavy (non-hydrogen) atoms. The van der Waals surface area contributed by atoms with E-state index in [1.165, 1.54) is 5.56 Å². The normalized spacial score (nSPS) is 15.1. The summed E-state index contributed by atoms with van der Waals surface area (Å²) in [5.74, 6) is -0.0332. The fourth-order valence-corrected chi connectivity index (χ4v) is 3.02. The third-order valence-corrected chi connectivity index (χ3v) is 4.16. The summed E-state index contributed by atoms with van der Waals surface area (Å²) in [6, 6.07) is 13.6. The van der Waals surface area contributed by atoms with Crippen LogP contribution in [-0.2, 0) is 11.2 Å². The van der Waals surface area contributed by atoms with E-state index in [4.69, 9.17) is 11.6 Å². The average Bonchev–Trinajstić information content (AvgIpc) is 2.74. The molecule has 1 aliphatic rings. The molecule has 0 spiro atoms. The van der Waals surface area contributed by atoms with Gasteiger partial charge >= 0.3 is 0 Å². The number of halogens is 2. The van der Waals surface area contributed by atoms with Gasteiger partial charge in [0.2, 0.25) is 0 Å². The average molecular weight is 363 g/mol. The number of nitrogens with one attached hydrogen (secondary N) is 1. The number of anilines is 1. The lowest BCUT2D eigenvalue weighted by atomic mass is 10.0. The maximum absolute atomic E-state index is 12.0. The lowest BCUT2D eigenvalue weighted by Gasteiger charge is -2.01. The number of hydrogen-bond donors (Lipinski definition) is 1. The Hall–Kier alpha value is -1.58. The van der Waals surface area contributed by atoms with Crippen molar-refractivity contribution in [3.63, 3.8) is 0 Å². The minimum atomic E-state index is -0.0332. The van der Waals surface area contributed by atoms with E-state index in [9.17, 15) is 4.79 Å². The molecule has 2 nitrogen and oxygen atoms in total. The van der Waals surface area contributed by atoms with Gasteiger partial charge in [-0.2, -0.15) is 0 Å². The molecular formula is C17H13BrClNO. The van der Waals surface area contributed by atoms with Crippen LogP contribution in [0.4, 0.5) is 5.69 Å². The molecule has 0 saturated heterocycles.